The van der Waals surface area contributed by atoms with Gasteiger partial charge in [0.15, 0.2) is 0 Å². The first kappa shape index (κ1) is 9.20. The van der Waals surface area contributed by atoms with Crippen LogP contribution >= 0.6 is 0 Å². The number of aliphatic hydroxyl groups excluding tert-OH is 1. The molecule has 0 bridgehead atoms. The standard InChI is InChI=1S/C10H15NO/c1-8-5-10(7-11-6-8)4-3-9(2)12/h5-7,9,12H,3-4H2,1-2H3. The average Bonchev–Trinajstić information content (AvgIpc) is 2.01. The number of aliphatic hydroxyl groups is 1. The Labute approximate surface area is 73.3 Å². The fourth-order valence-electron chi connectivity index (χ4n) is 1.13. The lowest BCUT2D eigenvalue weighted by molar-refractivity contribution is 0.185. The predicted molar refractivity (Wildman–Crippen MR) is 49.0 cm³/mol. The highest BCUT2D eigenvalue weighted by Gasteiger charge is 1.97. The summed E-state index contributed by atoms with van der Waals surface area (Å²) in [5, 5.41) is 9.06. The van der Waals surface area contributed by atoms with E-state index in [9.17, 15) is 0 Å². The number of aromatic nitrogens is 1. The Morgan fingerprint density at radius 3 is 2.83 bits per heavy atom. The monoisotopic (exact) mass is 165 g/mol. The molecule has 0 aliphatic heterocycles. The van der Waals surface area contributed by atoms with E-state index in [2.05, 4.69) is 11.1 Å². The summed E-state index contributed by atoms with van der Waals surface area (Å²) in [6.45, 7) is 3.84. The van der Waals surface area contributed by atoms with Gasteiger partial charge in [0.2, 0.25) is 0 Å². The lowest BCUT2D eigenvalue weighted by Gasteiger charge is -2.03. The van der Waals surface area contributed by atoms with Crippen LogP contribution in [0.25, 0.3) is 0 Å². The molecule has 0 saturated heterocycles. The fourth-order valence-corrected chi connectivity index (χ4v) is 1.13. The van der Waals surface area contributed by atoms with E-state index in [-0.39, 0.29) is 6.10 Å². The van der Waals surface area contributed by atoms with E-state index in [1.807, 2.05) is 26.2 Å². The molecule has 0 amide bonds. The minimum absolute atomic E-state index is 0.217. The normalized spacial score (nSPS) is 12.9. The molecule has 1 unspecified atom stereocenters. The molecule has 2 heteroatoms. The van der Waals surface area contributed by atoms with Gasteiger partial charge in [0.25, 0.3) is 0 Å². The lowest BCUT2D eigenvalue weighted by atomic mass is 10.1. The van der Waals surface area contributed by atoms with Crippen molar-refractivity contribution < 1.29 is 5.11 Å². The molecule has 1 N–H and O–H groups in total. The van der Waals surface area contributed by atoms with E-state index in [0.717, 1.165) is 12.8 Å². The van der Waals surface area contributed by atoms with Gasteiger partial charge < -0.3 is 5.11 Å². The maximum absolute atomic E-state index is 9.06. The Balaban J connectivity index is 2.52. The Morgan fingerprint density at radius 2 is 2.25 bits per heavy atom. The molecule has 0 aromatic carbocycles. The van der Waals surface area contributed by atoms with Crippen molar-refractivity contribution in [1.82, 2.24) is 4.98 Å². The quantitative estimate of drug-likeness (QED) is 0.739. The molecule has 0 saturated carbocycles. The minimum Gasteiger partial charge on any atom is -0.393 e. The zero-order valence-electron chi connectivity index (χ0n) is 7.62. The van der Waals surface area contributed by atoms with Crippen LogP contribution in [-0.2, 0) is 6.42 Å². The first-order chi connectivity index (χ1) is 5.68. The van der Waals surface area contributed by atoms with Crippen LogP contribution in [0.5, 0.6) is 0 Å². The molecule has 1 atom stereocenters. The SMILES string of the molecule is Cc1cncc(CCC(C)O)c1. The third-order valence-corrected chi connectivity index (χ3v) is 1.78. The topological polar surface area (TPSA) is 33.1 Å². The maximum atomic E-state index is 9.06. The molecule has 0 spiro atoms. The summed E-state index contributed by atoms with van der Waals surface area (Å²) >= 11 is 0. The molecule has 1 aromatic heterocycles. The molecule has 2 nitrogen and oxygen atoms in total. The van der Waals surface area contributed by atoms with Crippen LogP contribution in [0.4, 0.5) is 0 Å². The van der Waals surface area contributed by atoms with Gasteiger partial charge in [0.05, 0.1) is 6.10 Å². The highest BCUT2D eigenvalue weighted by atomic mass is 16.3. The van der Waals surface area contributed by atoms with Crippen molar-refractivity contribution in [3.8, 4) is 0 Å². The molecular formula is C10H15NO. The van der Waals surface area contributed by atoms with Gasteiger partial charge in [-0.2, -0.15) is 0 Å². The zero-order valence-corrected chi connectivity index (χ0v) is 7.62. The number of aryl methyl sites for hydroxylation is 2. The predicted octanol–water partition coefficient (Wildman–Crippen LogP) is 1.70. The minimum atomic E-state index is -0.217. The summed E-state index contributed by atoms with van der Waals surface area (Å²) in [6.07, 6.45) is 5.20. The van der Waals surface area contributed by atoms with Gasteiger partial charge in [-0.25, -0.2) is 0 Å². The number of rotatable bonds is 3. The number of hydrogen-bond donors (Lipinski definition) is 1. The molecule has 66 valence electrons. The van der Waals surface area contributed by atoms with Gasteiger partial charge in [0.1, 0.15) is 0 Å². The second-order valence-corrected chi connectivity index (χ2v) is 3.26. The summed E-state index contributed by atoms with van der Waals surface area (Å²) in [7, 11) is 0. The third-order valence-electron chi connectivity index (χ3n) is 1.78. The Hall–Kier alpha value is -0.890. The Morgan fingerprint density at radius 1 is 1.50 bits per heavy atom. The van der Waals surface area contributed by atoms with Crippen molar-refractivity contribution >= 4 is 0 Å². The van der Waals surface area contributed by atoms with Crippen molar-refractivity contribution in [2.24, 2.45) is 0 Å². The molecule has 1 rings (SSSR count). The van der Waals surface area contributed by atoms with Crippen LogP contribution in [0.15, 0.2) is 18.5 Å². The van der Waals surface area contributed by atoms with E-state index in [4.69, 9.17) is 5.11 Å². The van der Waals surface area contributed by atoms with Crippen molar-refractivity contribution in [1.29, 1.82) is 0 Å². The van der Waals surface area contributed by atoms with Crippen molar-refractivity contribution in [2.45, 2.75) is 32.8 Å². The van der Waals surface area contributed by atoms with Crippen LogP contribution in [0.1, 0.15) is 24.5 Å². The molecular weight excluding hydrogens is 150 g/mol. The van der Waals surface area contributed by atoms with Gasteiger partial charge in [-0.3, -0.25) is 4.98 Å². The average molecular weight is 165 g/mol. The molecule has 0 fully saturated rings. The lowest BCUT2D eigenvalue weighted by Crippen LogP contribution is -2.01. The van der Waals surface area contributed by atoms with Gasteiger partial charge in [-0.05, 0) is 37.8 Å². The van der Waals surface area contributed by atoms with Gasteiger partial charge in [0, 0.05) is 12.4 Å². The molecule has 1 heterocycles. The summed E-state index contributed by atoms with van der Waals surface area (Å²) in [4.78, 5) is 4.08. The van der Waals surface area contributed by atoms with Crippen LogP contribution in [0.3, 0.4) is 0 Å². The highest BCUT2D eigenvalue weighted by Crippen LogP contribution is 2.05. The Bertz CT molecular complexity index is 245. The second-order valence-electron chi connectivity index (χ2n) is 3.26. The molecule has 0 aliphatic rings. The van der Waals surface area contributed by atoms with Crippen molar-refractivity contribution in [3.05, 3.63) is 29.6 Å². The number of pyridine rings is 1. The smallest absolute Gasteiger partial charge is 0.0515 e. The molecule has 0 aliphatic carbocycles. The maximum Gasteiger partial charge on any atom is 0.0515 e. The molecule has 12 heavy (non-hydrogen) atoms. The number of nitrogens with zero attached hydrogens (tertiary/aromatic N) is 1. The van der Waals surface area contributed by atoms with E-state index >= 15 is 0 Å². The van der Waals surface area contributed by atoms with Crippen molar-refractivity contribution in [2.75, 3.05) is 0 Å². The summed E-state index contributed by atoms with van der Waals surface area (Å²) in [6, 6.07) is 2.11. The molecule has 0 radical (unpaired) electrons. The Kier molecular flexibility index (Phi) is 3.23. The first-order valence-electron chi connectivity index (χ1n) is 4.27. The van der Waals surface area contributed by atoms with Crippen LogP contribution in [0.2, 0.25) is 0 Å². The van der Waals surface area contributed by atoms with Gasteiger partial charge >= 0.3 is 0 Å². The van der Waals surface area contributed by atoms with E-state index in [1.165, 1.54) is 11.1 Å². The summed E-state index contributed by atoms with van der Waals surface area (Å²) < 4.78 is 0. The van der Waals surface area contributed by atoms with Crippen LogP contribution < -0.4 is 0 Å². The van der Waals surface area contributed by atoms with Crippen LogP contribution in [-0.4, -0.2) is 16.2 Å². The number of hydrogen-bond acceptors (Lipinski definition) is 2. The fraction of sp³-hybridized carbons (Fsp3) is 0.500. The summed E-state index contributed by atoms with van der Waals surface area (Å²) in [5.41, 5.74) is 2.38. The third kappa shape index (κ3) is 3.01. The second kappa shape index (κ2) is 4.21. The first-order valence-corrected chi connectivity index (χ1v) is 4.27. The van der Waals surface area contributed by atoms with E-state index < -0.39 is 0 Å². The van der Waals surface area contributed by atoms with Gasteiger partial charge in [-0.1, -0.05) is 6.07 Å². The zero-order chi connectivity index (χ0) is 8.97. The largest absolute Gasteiger partial charge is 0.393 e. The highest BCUT2D eigenvalue weighted by molar-refractivity contribution is 5.16. The van der Waals surface area contributed by atoms with Crippen LogP contribution in [0, 0.1) is 6.92 Å². The summed E-state index contributed by atoms with van der Waals surface area (Å²) in [5.74, 6) is 0. The van der Waals surface area contributed by atoms with E-state index in [0.29, 0.717) is 0 Å². The van der Waals surface area contributed by atoms with Crippen molar-refractivity contribution in [3.63, 3.8) is 0 Å². The van der Waals surface area contributed by atoms with E-state index in [1.54, 1.807) is 0 Å². The molecule has 1 aromatic rings. The van der Waals surface area contributed by atoms with Gasteiger partial charge in [-0.15, -0.1) is 0 Å².